The molecular formula is C29H35N3O4. The van der Waals surface area contributed by atoms with Gasteiger partial charge in [-0.1, -0.05) is 24.6 Å². The molecule has 7 heteroatoms. The highest BCUT2D eigenvalue weighted by molar-refractivity contribution is 5.98. The SMILES string of the molecule is CN1CCOCCCCC2(CCN(C(=O)c3ccc4cc[nH]c4c3)CC2)COc2ccccc2C1=O. The third kappa shape index (κ3) is 5.26. The number of carbonyl (C=O) groups excluding carboxylic acids is 2. The number of para-hydroxylation sites is 1. The van der Waals surface area contributed by atoms with Gasteiger partial charge in [-0.2, -0.15) is 0 Å². The van der Waals surface area contributed by atoms with Gasteiger partial charge in [0.15, 0.2) is 0 Å². The lowest BCUT2D eigenvalue weighted by atomic mass is 9.75. The van der Waals surface area contributed by atoms with E-state index in [-0.39, 0.29) is 17.2 Å². The zero-order chi connectivity index (χ0) is 25.0. The average Bonchev–Trinajstić information content (AvgIpc) is 3.39. The van der Waals surface area contributed by atoms with E-state index in [4.69, 9.17) is 9.47 Å². The van der Waals surface area contributed by atoms with E-state index in [1.54, 1.807) is 11.9 Å². The summed E-state index contributed by atoms with van der Waals surface area (Å²) in [4.78, 5) is 33.2. The molecule has 1 saturated heterocycles. The van der Waals surface area contributed by atoms with Crippen molar-refractivity contribution in [3.63, 3.8) is 0 Å². The van der Waals surface area contributed by atoms with Crippen LogP contribution in [0.4, 0.5) is 0 Å². The fraction of sp³-hybridized carbons (Fsp3) is 0.448. The Morgan fingerprint density at radius 1 is 0.972 bits per heavy atom. The number of benzene rings is 2. The zero-order valence-corrected chi connectivity index (χ0v) is 21.0. The first kappa shape index (κ1) is 24.4. The lowest BCUT2D eigenvalue weighted by Crippen LogP contribution is -2.45. The Morgan fingerprint density at radius 2 is 1.81 bits per heavy atom. The fourth-order valence-corrected chi connectivity index (χ4v) is 5.33. The summed E-state index contributed by atoms with van der Waals surface area (Å²) >= 11 is 0. The Kier molecular flexibility index (Phi) is 7.28. The molecule has 2 aromatic carbocycles. The molecule has 7 nitrogen and oxygen atoms in total. The molecule has 1 aromatic heterocycles. The first-order valence-corrected chi connectivity index (χ1v) is 13.0. The van der Waals surface area contributed by atoms with E-state index in [1.165, 1.54) is 0 Å². The molecule has 2 aliphatic rings. The van der Waals surface area contributed by atoms with Crippen molar-refractivity contribution in [2.45, 2.75) is 32.1 Å². The van der Waals surface area contributed by atoms with E-state index < -0.39 is 0 Å². The minimum Gasteiger partial charge on any atom is -0.492 e. The summed E-state index contributed by atoms with van der Waals surface area (Å²) in [6, 6.07) is 15.4. The topological polar surface area (TPSA) is 74.9 Å². The van der Waals surface area contributed by atoms with Gasteiger partial charge in [0.1, 0.15) is 5.75 Å². The number of ether oxygens (including phenoxy) is 2. The number of nitrogens with one attached hydrogen (secondary N) is 1. The molecule has 0 unspecified atom stereocenters. The number of carbonyl (C=O) groups is 2. The first-order chi connectivity index (χ1) is 17.5. The molecule has 2 amide bonds. The molecule has 36 heavy (non-hydrogen) atoms. The van der Waals surface area contributed by atoms with Gasteiger partial charge in [0.2, 0.25) is 0 Å². The van der Waals surface area contributed by atoms with Crippen LogP contribution in [0.3, 0.4) is 0 Å². The standard InChI is InChI=1S/C29H35N3O4/c1-31-17-19-35-18-5-4-11-29(21-36-26-7-3-2-6-24(26)28(31)34)12-15-32(16-13-29)27(33)23-9-8-22-10-14-30-25(22)20-23/h2-3,6-10,14,20,30H,4-5,11-13,15-19,21H2,1H3. The van der Waals surface area contributed by atoms with Gasteiger partial charge in [-0.3, -0.25) is 9.59 Å². The molecule has 3 heterocycles. The van der Waals surface area contributed by atoms with Crippen molar-refractivity contribution < 1.29 is 19.1 Å². The Balaban J connectivity index is 1.30. The molecule has 0 bridgehead atoms. The van der Waals surface area contributed by atoms with Gasteiger partial charge >= 0.3 is 0 Å². The van der Waals surface area contributed by atoms with Gasteiger partial charge in [0.05, 0.1) is 18.8 Å². The van der Waals surface area contributed by atoms with Crippen LogP contribution in [0.2, 0.25) is 0 Å². The van der Waals surface area contributed by atoms with Crippen molar-refractivity contribution in [3.8, 4) is 5.75 Å². The molecule has 0 saturated carbocycles. The molecule has 1 spiro atoms. The van der Waals surface area contributed by atoms with Crippen molar-refractivity contribution in [1.29, 1.82) is 0 Å². The number of piperidine rings is 1. The Bertz CT molecular complexity index is 1210. The normalized spacial score (nSPS) is 19.5. The van der Waals surface area contributed by atoms with Crippen molar-refractivity contribution >= 4 is 22.7 Å². The molecule has 5 rings (SSSR count). The number of nitrogens with zero attached hydrogens (tertiary/aromatic N) is 2. The van der Waals surface area contributed by atoms with Crippen molar-refractivity contribution in [1.82, 2.24) is 14.8 Å². The van der Waals surface area contributed by atoms with E-state index in [0.29, 0.717) is 50.8 Å². The molecule has 1 N–H and O–H groups in total. The van der Waals surface area contributed by atoms with Gasteiger partial charge < -0.3 is 24.3 Å². The number of amides is 2. The highest BCUT2D eigenvalue weighted by Crippen LogP contribution is 2.38. The summed E-state index contributed by atoms with van der Waals surface area (Å²) in [5.41, 5.74) is 2.25. The lowest BCUT2D eigenvalue weighted by Gasteiger charge is -2.42. The average molecular weight is 490 g/mol. The third-order valence-corrected chi connectivity index (χ3v) is 7.73. The Hall–Kier alpha value is -3.32. The van der Waals surface area contributed by atoms with Crippen LogP contribution in [-0.4, -0.2) is 73.1 Å². The number of hydrogen-bond donors (Lipinski definition) is 1. The maximum atomic E-state index is 13.3. The second-order valence-electron chi connectivity index (χ2n) is 10.2. The maximum absolute atomic E-state index is 13.3. The van der Waals surface area contributed by atoms with Crippen LogP contribution in [0.1, 0.15) is 52.8 Å². The Labute approximate surface area is 212 Å². The summed E-state index contributed by atoms with van der Waals surface area (Å²) < 4.78 is 12.2. The predicted octanol–water partition coefficient (Wildman–Crippen LogP) is 4.74. The number of rotatable bonds is 1. The second-order valence-corrected chi connectivity index (χ2v) is 10.2. The molecule has 2 aliphatic heterocycles. The third-order valence-electron chi connectivity index (χ3n) is 7.73. The van der Waals surface area contributed by atoms with E-state index in [0.717, 1.165) is 48.6 Å². The summed E-state index contributed by atoms with van der Waals surface area (Å²) in [5.74, 6) is 0.653. The monoisotopic (exact) mass is 489 g/mol. The van der Waals surface area contributed by atoms with Crippen LogP contribution in [-0.2, 0) is 4.74 Å². The lowest BCUT2D eigenvalue weighted by molar-refractivity contribution is 0.0329. The zero-order valence-electron chi connectivity index (χ0n) is 21.0. The summed E-state index contributed by atoms with van der Waals surface area (Å²) in [7, 11) is 1.80. The Morgan fingerprint density at radius 3 is 2.67 bits per heavy atom. The van der Waals surface area contributed by atoms with Crippen molar-refractivity contribution in [3.05, 3.63) is 65.9 Å². The molecular weight excluding hydrogens is 454 g/mol. The van der Waals surface area contributed by atoms with Gasteiger partial charge in [-0.15, -0.1) is 0 Å². The molecule has 3 aromatic rings. The maximum Gasteiger partial charge on any atom is 0.257 e. The van der Waals surface area contributed by atoms with E-state index in [1.807, 2.05) is 59.6 Å². The summed E-state index contributed by atoms with van der Waals surface area (Å²) in [6.45, 7) is 3.72. The van der Waals surface area contributed by atoms with Gasteiger partial charge in [0, 0.05) is 56.0 Å². The summed E-state index contributed by atoms with van der Waals surface area (Å²) in [5, 5.41) is 1.11. The number of aromatic nitrogens is 1. The van der Waals surface area contributed by atoms with Gasteiger partial charge in [-0.05, 0) is 61.4 Å². The van der Waals surface area contributed by atoms with Gasteiger partial charge in [-0.25, -0.2) is 0 Å². The smallest absolute Gasteiger partial charge is 0.257 e. The largest absolute Gasteiger partial charge is 0.492 e. The quantitative estimate of drug-likeness (QED) is 0.536. The number of fused-ring (bicyclic) bond motifs is 2. The minimum absolute atomic E-state index is 0.0353. The number of hydrogen-bond acceptors (Lipinski definition) is 4. The van der Waals surface area contributed by atoms with Gasteiger partial charge in [0.25, 0.3) is 11.8 Å². The highest BCUT2D eigenvalue weighted by Gasteiger charge is 2.37. The minimum atomic E-state index is -0.0558. The highest BCUT2D eigenvalue weighted by atomic mass is 16.5. The number of likely N-dealkylation sites (N-methyl/N-ethyl adjacent to an activating group) is 1. The fourth-order valence-electron chi connectivity index (χ4n) is 5.33. The van der Waals surface area contributed by atoms with Crippen LogP contribution in [0.5, 0.6) is 5.75 Å². The molecule has 190 valence electrons. The first-order valence-electron chi connectivity index (χ1n) is 13.0. The number of aromatic amines is 1. The summed E-state index contributed by atoms with van der Waals surface area (Å²) in [6.07, 6.45) is 6.70. The molecule has 1 fully saturated rings. The number of H-pyrrole nitrogens is 1. The number of likely N-dealkylation sites (tertiary alicyclic amines) is 1. The van der Waals surface area contributed by atoms with Crippen LogP contribution < -0.4 is 4.74 Å². The van der Waals surface area contributed by atoms with E-state index in [2.05, 4.69) is 4.98 Å². The van der Waals surface area contributed by atoms with Crippen LogP contribution in [0.15, 0.2) is 54.7 Å². The van der Waals surface area contributed by atoms with Crippen LogP contribution >= 0.6 is 0 Å². The predicted molar refractivity (Wildman–Crippen MR) is 139 cm³/mol. The van der Waals surface area contributed by atoms with Crippen molar-refractivity contribution in [2.24, 2.45) is 5.41 Å². The molecule has 0 atom stereocenters. The van der Waals surface area contributed by atoms with E-state index >= 15 is 0 Å². The van der Waals surface area contributed by atoms with Crippen molar-refractivity contribution in [2.75, 3.05) is 46.5 Å². The van der Waals surface area contributed by atoms with E-state index in [9.17, 15) is 9.59 Å². The molecule has 0 radical (unpaired) electrons. The van der Waals surface area contributed by atoms with Crippen LogP contribution in [0, 0.1) is 5.41 Å². The second kappa shape index (κ2) is 10.7. The van der Waals surface area contributed by atoms with Crippen LogP contribution in [0.25, 0.3) is 10.9 Å². The molecule has 0 aliphatic carbocycles.